The van der Waals surface area contributed by atoms with Crippen molar-refractivity contribution in [2.75, 3.05) is 37.6 Å². The Hall–Kier alpha value is -2.93. The Morgan fingerprint density at radius 3 is 2.50 bits per heavy atom. The summed E-state index contributed by atoms with van der Waals surface area (Å²) >= 11 is 0. The number of Topliss-reactive ketones (excluding diaryl/α,β-unsaturated/α-hetero) is 1. The van der Waals surface area contributed by atoms with Gasteiger partial charge in [0.1, 0.15) is 11.6 Å². The summed E-state index contributed by atoms with van der Waals surface area (Å²) in [5.41, 5.74) is 2.64. The van der Waals surface area contributed by atoms with Crippen LogP contribution in [-0.4, -0.2) is 58.1 Å². The highest BCUT2D eigenvalue weighted by molar-refractivity contribution is 5.99. The third kappa shape index (κ3) is 3.57. The fraction of sp³-hybridized carbons (Fsp3) is 0.381. The van der Waals surface area contributed by atoms with E-state index in [0.29, 0.717) is 6.54 Å². The van der Waals surface area contributed by atoms with Crippen LogP contribution in [0.25, 0.3) is 5.82 Å². The molecule has 4 heterocycles. The second kappa shape index (κ2) is 7.59. The molecule has 28 heavy (non-hydrogen) atoms. The molecule has 1 aliphatic rings. The van der Waals surface area contributed by atoms with Crippen LogP contribution in [0.4, 0.5) is 5.82 Å². The quantitative estimate of drug-likeness (QED) is 0.635. The predicted molar refractivity (Wildman–Crippen MR) is 107 cm³/mol. The molecule has 1 saturated heterocycles. The maximum Gasteiger partial charge on any atom is 0.180 e. The fourth-order valence-electron chi connectivity index (χ4n) is 3.82. The molecule has 0 amide bonds. The van der Waals surface area contributed by atoms with Crippen molar-refractivity contribution in [3.05, 3.63) is 59.2 Å². The van der Waals surface area contributed by atoms with Crippen LogP contribution in [0.1, 0.15) is 27.5 Å². The number of pyridine rings is 1. The number of anilines is 1. The second-order valence-electron chi connectivity index (χ2n) is 7.29. The van der Waals surface area contributed by atoms with Crippen molar-refractivity contribution in [1.29, 1.82) is 0 Å². The van der Waals surface area contributed by atoms with Crippen LogP contribution in [0.5, 0.6) is 0 Å². The second-order valence-corrected chi connectivity index (χ2v) is 7.29. The minimum atomic E-state index is 0.144. The average Bonchev–Trinajstić information content (AvgIpc) is 3.25. The maximum atomic E-state index is 13.0. The molecule has 7 heteroatoms. The highest BCUT2D eigenvalue weighted by Gasteiger charge is 2.23. The first-order valence-corrected chi connectivity index (χ1v) is 9.57. The van der Waals surface area contributed by atoms with E-state index in [1.807, 2.05) is 61.9 Å². The number of carbonyl (C=O) groups excluding carboxylic acids is 1. The van der Waals surface area contributed by atoms with Gasteiger partial charge >= 0.3 is 0 Å². The van der Waals surface area contributed by atoms with Crippen molar-refractivity contribution in [3.63, 3.8) is 0 Å². The monoisotopic (exact) mass is 379 g/mol. The first-order chi connectivity index (χ1) is 13.5. The lowest BCUT2D eigenvalue weighted by atomic mass is 10.1. The summed E-state index contributed by atoms with van der Waals surface area (Å²) in [6.45, 7) is 9.69. The Morgan fingerprint density at radius 1 is 1.07 bits per heavy atom. The molecule has 0 atom stereocenters. The van der Waals surface area contributed by atoms with Gasteiger partial charge in [0.25, 0.3) is 0 Å². The topological polar surface area (TPSA) is 67.4 Å². The molecule has 4 rings (SSSR count). The van der Waals surface area contributed by atoms with Gasteiger partial charge in [-0.2, -0.15) is 0 Å². The maximum absolute atomic E-state index is 13.0. The fourth-order valence-corrected chi connectivity index (χ4v) is 3.82. The lowest BCUT2D eigenvalue weighted by Gasteiger charge is -2.35. The van der Waals surface area contributed by atoms with Crippen molar-refractivity contribution in [1.82, 2.24) is 19.6 Å². The number of hydrogen-bond donors (Lipinski definition) is 0. The van der Waals surface area contributed by atoms with Crippen molar-refractivity contribution >= 4 is 11.6 Å². The molecule has 7 nitrogen and oxygen atoms in total. The van der Waals surface area contributed by atoms with Gasteiger partial charge in [-0.05, 0) is 39.0 Å². The van der Waals surface area contributed by atoms with Crippen LogP contribution in [0.2, 0.25) is 0 Å². The zero-order valence-corrected chi connectivity index (χ0v) is 16.6. The molecule has 0 bridgehead atoms. The Labute approximate surface area is 164 Å². The minimum Gasteiger partial charge on any atom is -0.360 e. The van der Waals surface area contributed by atoms with Gasteiger partial charge in [-0.25, -0.2) is 4.98 Å². The van der Waals surface area contributed by atoms with E-state index in [2.05, 4.69) is 19.9 Å². The molecule has 1 aliphatic heterocycles. The van der Waals surface area contributed by atoms with E-state index in [1.165, 1.54) is 0 Å². The van der Waals surface area contributed by atoms with Gasteiger partial charge in [0.2, 0.25) is 0 Å². The summed E-state index contributed by atoms with van der Waals surface area (Å²) in [5.74, 6) is 2.61. The molecule has 0 aliphatic carbocycles. The molecule has 1 fully saturated rings. The average molecular weight is 379 g/mol. The van der Waals surface area contributed by atoms with E-state index in [4.69, 9.17) is 4.52 Å². The van der Waals surface area contributed by atoms with Gasteiger partial charge in [-0.3, -0.25) is 14.3 Å². The van der Waals surface area contributed by atoms with E-state index >= 15 is 0 Å². The van der Waals surface area contributed by atoms with Gasteiger partial charge < -0.3 is 9.42 Å². The van der Waals surface area contributed by atoms with Gasteiger partial charge in [0.15, 0.2) is 11.6 Å². The molecular formula is C21H25N5O2. The molecular weight excluding hydrogens is 354 g/mol. The Kier molecular flexibility index (Phi) is 5.00. The number of nitrogens with zero attached hydrogens (tertiary/aromatic N) is 5. The lowest BCUT2D eigenvalue weighted by Crippen LogP contribution is -2.48. The van der Waals surface area contributed by atoms with Crippen LogP contribution >= 0.6 is 0 Å². The van der Waals surface area contributed by atoms with E-state index < -0.39 is 0 Å². The first kappa shape index (κ1) is 18.4. The van der Waals surface area contributed by atoms with E-state index in [9.17, 15) is 4.79 Å². The third-order valence-corrected chi connectivity index (χ3v) is 5.29. The summed E-state index contributed by atoms with van der Waals surface area (Å²) in [5, 5.41) is 4.09. The number of hydrogen-bond acceptors (Lipinski definition) is 6. The number of aromatic nitrogens is 3. The highest BCUT2D eigenvalue weighted by Crippen LogP contribution is 2.22. The molecule has 3 aromatic rings. The predicted octanol–water partition coefficient (Wildman–Crippen LogP) is 2.79. The number of ketones is 1. The summed E-state index contributed by atoms with van der Waals surface area (Å²) in [4.78, 5) is 21.9. The van der Waals surface area contributed by atoms with Crippen molar-refractivity contribution in [2.45, 2.75) is 20.8 Å². The van der Waals surface area contributed by atoms with Crippen molar-refractivity contribution in [2.24, 2.45) is 0 Å². The molecule has 146 valence electrons. The minimum absolute atomic E-state index is 0.144. The van der Waals surface area contributed by atoms with Gasteiger partial charge in [0, 0.05) is 55.4 Å². The van der Waals surface area contributed by atoms with Crippen molar-refractivity contribution in [3.8, 4) is 5.82 Å². The number of aryl methyl sites for hydroxylation is 2. The normalized spacial score (nSPS) is 15.2. The molecule has 0 saturated carbocycles. The number of rotatable bonds is 5. The van der Waals surface area contributed by atoms with Crippen LogP contribution in [0.3, 0.4) is 0 Å². The number of piperazine rings is 1. The molecule has 0 spiro atoms. The van der Waals surface area contributed by atoms with Gasteiger partial charge in [-0.15, -0.1) is 0 Å². The highest BCUT2D eigenvalue weighted by atomic mass is 16.5. The SMILES string of the molecule is Cc1cc(-n2c(C)cc(C(=O)CN3CCN(c4ccccn4)CC3)c2C)no1. The molecule has 0 aromatic carbocycles. The largest absolute Gasteiger partial charge is 0.360 e. The van der Waals surface area contributed by atoms with Gasteiger partial charge in [-0.1, -0.05) is 11.2 Å². The number of carbonyl (C=O) groups is 1. The summed E-state index contributed by atoms with van der Waals surface area (Å²) in [6.07, 6.45) is 1.82. The standard InChI is InChI=1S/C21H25N5O2/c1-15-12-18(17(3)26(15)21-13-16(2)28-23-21)19(27)14-24-8-10-25(11-9-24)20-6-4-5-7-22-20/h4-7,12-13H,8-11,14H2,1-3H3. The molecule has 0 radical (unpaired) electrons. The first-order valence-electron chi connectivity index (χ1n) is 9.57. The Bertz CT molecular complexity index is 968. The van der Waals surface area contributed by atoms with Crippen molar-refractivity contribution < 1.29 is 9.32 Å². The molecule has 0 unspecified atom stereocenters. The molecule has 0 N–H and O–H groups in total. The third-order valence-electron chi connectivity index (χ3n) is 5.29. The zero-order chi connectivity index (χ0) is 19.7. The molecule has 3 aromatic heterocycles. The van der Waals surface area contributed by atoms with Crippen LogP contribution < -0.4 is 4.90 Å². The Balaban J connectivity index is 1.42. The summed E-state index contributed by atoms with van der Waals surface area (Å²) in [6, 6.07) is 9.79. The zero-order valence-electron chi connectivity index (χ0n) is 16.6. The Morgan fingerprint density at radius 2 is 1.86 bits per heavy atom. The van der Waals surface area contributed by atoms with Gasteiger partial charge in [0.05, 0.1) is 6.54 Å². The summed E-state index contributed by atoms with van der Waals surface area (Å²) < 4.78 is 7.17. The lowest BCUT2D eigenvalue weighted by molar-refractivity contribution is 0.0925. The van der Waals surface area contributed by atoms with E-state index in [1.54, 1.807) is 0 Å². The van der Waals surface area contributed by atoms with Crippen LogP contribution in [0, 0.1) is 20.8 Å². The van der Waals surface area contributed by atoms with E-state index in [0.717, 1.165) is 60.5 Å². The van der Waals surface area contributed by atoms with Crippen LogP contribution in [0.15, 0.2) is 41.1 Å². The summed E-state index contributed by atoms with van der Waals surface area (Å²) in [7, 11) is 0. The van der Waals surface area contributed by atoms with Crippen LogP contribution in [-0.2, 0) is 0 Å². The smallest absolute Gasteiger partial charge is 0.180 e. The van der Waals surface area contributed by atoms with E-state index in [-0.39, 0.29) is 5.78 Å².